The SMILES string of the molecule is CCc1nc2cc(-c3ccc(C)nc3)ccc2s1. The van der Waals surface area contributed by atoms with Gasteiger partial charge in [0, 0.05) is 17.5 Å². The Morgan fingerprint density at radius 3 is 2.67 bits per heavy atom. The molecule has 0 amide bonds. The molecule has 0 saturated carbocycles. The van der Waals surface area contributed by atoms with Crippen LogP contribution < -0.4 is 0 Å². The molecular weight excluding hydrogens is 240 g/mol. The zero-order valence-corrected chi connectivity index (χ0v) is 11.3. The molecule has 3 heteroatoms. The third-order valence-electron chi connectivity index (χ3n) is 2.98. The van der Waals surface area contributed by atoms with E-state index in [-0.39, 0.29) is 0 Å². The summed E-state index contributed by atoms with van der Waals surface area (Å²) in [5.41, 5.74) is 4.47. The molecule has 0 saturated heterocycles. The fourth-order valence-corrected chi connectivity index (χ4v) is 2.83. The van der Waals surface area contributed by atoms with Crippen LogP contribution in [0.5, 0.6) is 0 Å². The van der Waals surface area contributed by atoms with Gasteiger partial charge in [0.2, 0.25) is 0 Å². The van der Waals surface area contributed by atoms with Crippen molar-refractivity contribution < 1.29 is 0 Å². The summed E-state index contributed by atoms with van der Waals surface area (Å²) in [6.07, 6.45) is 2.92. The maximum atomic E-state index is 4.63. The lowest BCUT2D eigenvalue weighted by atomic mass is 10.1. The Labute approximate surface area is 110 Å². The van der Waals surface area contributed by atoms with E-state index in [0.29, 0.717) is 0 Å². The van der Waals surface area contributed by atoms with E-state index < -0.39 is 0 Å². The summed E-state index contributed by atoms with van der Waals surface area (Å²) >= 11 is 1.78. The number of fused-ring (bicyclic) bond motifs is 1. The summed E-state index contributed by atoms with van der Waals surface area (Å²) in [5, 5.41) is 1.20. The van der Waals surface area contributed by atoms with E-state index >= 15 is 0 Å². The molecule has 0 spiro atoms. The van der Waals surface area contributed by atoms with Crippen LogP contribution in [0.25, 0.3) is 21.3 Å². The van der Waals surface area contributed by atoms with Crippen LogP contribution in [0.1, 0.15) is 17.6 Å². The van der Waals surface area contributed by atoms with E-state index in [1.807, 2.05) is 19.2 Å². The van der Waals surface area contributed by atoms with E-state index in [9.17, 15) is 0 Å². The molecule has 90 valence electrons. The summed E-state index contributed by atoms with van der Waals surface area (Å²) < 4.78 is 1.26. The molecule has 1 aromatic carbocycles. The van der Waals surface area contributed by atoms with Crippen LogP contribution >= 0.6 is 11.3 Å². The van der Waals surface area contributed by atoms with Gasteiger partial charge in [-0.05, 0) is 37.1 Å². The molecule has 0 aliphatic heterocycles. The summed E-state index contributed by atoms with van der Waals surface area (Å²) in [5.74, 6) is 0. The van der Waals surface area contributed by atoms with Gasteiger partial charge in [-0.15, -0.1) is 11.3 Å². The van der Waals surface area contributed by atoms with Crippen LogP contribution in [-0.4, -0.2) is 9.97 Å². The number of aromatic nitrogens is 2. The largest absolute Gasteiger partial charge is 0.261 e. The van der Waals surface area contributed by atoms with Crippen LogP contribution in [0.15, 0.2) is 36.5 Å². The van der Waals surface area contributed by atoms with Crippen LogP contribution in [-0.2, 0) is 6.42 Å². The normalized spacial score (nSPS) is 11.0. The van der Waals surface area contributed by atoms with Crippen molar-refractivity contribution in [1.29, 1.82) is 0 Å². The predicted molar refractivity (Wildman–Crippen MR) is 77.0 cm³/mol. The number of benzene rings is 1. The Hall–Kier alpha value is -1.74. The predicted octanol–water partition coefficient (Wildman–Crippen LogP) is 4.23. The topological polar surface area (TPSA) is 25.8 Å². The summed E-state index contributed by atoms with van der Waals surface area (Å²) in [7, 11) is 0. The van der Waals surface area contributed by atoms with E-state index in [2.05, 4.69) is 41.2 Å². The molecule has 3 aromatic rings. The molecule has 2 nitrogen and oxygen atoms in total. The third-order valence-corrected chi connectivity index (χ3v) is 4.16. The van der Waals surface area contributed by atoms with Gasteiger partial charge < -0.3 is 0 Å². The summed E-state index contributed by atoms with van der Waals surface area (Å²) in [4.78, 5) is 8.97. The summed E-state index contributed by atoms with van der Waals surface area (Å²) in [6.45, 7) is 4.14. The van der Waals surface area contributed by atoms with Crippen molar-refractivity contribution in [3.05, 3.63) is 47.2 Å². The molecule has 2 heterocycles. The molecule has 0 unspecified atom stereocenters. The van der Waals surface area contributed by atoms with E-state index in [1.54, 1.807) is 11.3 Å². The van der Waals surface area contributed by atoms with Crippen LogP contribution in [0.2, 0.25) is 0 Å². The maximum absolute atomic E-state index is 4.63. The fourth-order valence-electron chi connectivity index (χ4n) is 1.94. The van der Waals surface area contributed by atoms with Crippen molar-refractivity contribution in [2.45, 2.75) is 20.3 Å². The fraction of sp³-hybridized carbons (Fsp3) is 0.200. The highest BCUT2D eigenvalue weighted by molar-refractivity contribution is 7.18. The summed E-state index contributed by atoms with van der Waals surface area (Å²) in [6, 6.07) is 10.6. The first-order valence-electron chi connectivity index (χ1n) is 6.09. The Morgan fingerprint density at radius 1 is 1.11 bits per heavy atom. The number of thiazole rings is 1. The highest BCUT2D eigenvalue weighted by atomic mass is 32.1. The zero-order chi connectivity index (χ0) is 12.5. The molecule has 2 aromatic heterocycles. The third kappa shape index (κ3) is 2.02. The first-order valence-corrected chi connectivity index (χ1v) is 6.90. The van der Waals surface area contributed by atoms with Gasteiger partial charge in [-0.2, -0.15) is 0 Å². The van der Waals surface area contributed by atoms with Crippen molar-refractivity contribution in [2.75, 3.05) is 0 Å². The lowest BCUT2D eigenvalue weighted by Gasteiger charge is -2.01. The van der Waals surface area contributed by atoms with E-state index in [4.69, 9.17) is 0 Å². The van der Waals surface area contributed by atoms with E-state index in [1.165, 1.54) is 15.3 Å². The Morgan fingerprint density at radius 2 is 1.94 bits per heavy atom. The van der Waals surface area contributed by atoms with Gasteiger partial charge in [-0.25, -0.2) is 4.98 Å². The molecule has 0 N–H and O–H groups in total. The molecule has 0 atom stereocenters. The van der Waals surface area contributed by atoms with Gasteiger partial charge in [-0.1, -0.05) is 19.1 Å². The molecule has 0 fully saturated rings. The second-order valence-electron chi connectivity index (χ2n) is 4.33. The quantitative estimate of drug-likeness (QED) is 0.684. The lowest BCUT2D eigenvalue weighted by Crippen LogP contribution is -1.83. The molecule has 3 rings (SSSR count). The average Bonchev–Trinajstić information content (AvgIpc) is 2.81. The van der Waals surface area contributed by atoms with E-state index in [0.717, 1.165) is 23.2 Å². The number of hydrogen-bond donors (Lipinski definition) is 0. The molecule has 0 aliphatic carbocycles. The highest BCUT2D eigenvalue weighted by Gasteiger charge is 2.04. The van der Waals surface area contributed by atoms with Crippen molar-refractivity contribution in [2.24, 2.45) is 0 Å². The van der Waals surface area contributed by atoms with Gasteiger partial charge in [0.05, 0.1) is 15.2 Å². The van der Waals surface area contributed by atoms with Gasteiger partial charge >= 0.3 is 0 Å². The van der Waals surface area contributed by atoms with Crippen molar-refractivity contribution in [3.63, 3.8) is 0 Å². The molecule has 0 aliphatic rings. The Kier molecular flexibility index (Phi) is 2.84. The van der Waals surface area contributed by atoms with Gasteiger partial charge in [0.1, 0.15) is 0 Å². The maximum Gasteiger partial charge on any atom is 0.0935 e. The minimum Gasteiger partial charge on any atom is -0.261 e. The second-order valence-corrected chi connectivity index (χ2v) is 5.45. The molecular formula is C15H14N2S. The van der Waals surface area contributed by atoms with Crippen molar-refractivity contribution in [1.82, 2.24) is 9.97 Å². The van der Waals surface area contributed by atoms with Gasteiger partial charge in [-0.3, -0.25) is 4.98 Å². The first kappa shape index (κ1) is 11.4. The average molecular weight is 254 g/mol. The van der Waals surface area contributed by atoms with Crippen LogP contribution in [0.3, 0.4) is 0 Å². The number of hydrogen-bond acceptors (Lipinski definition) is 3. The number of nitrogens with zero attached hydrogens (tertiary/aromatic N) is 2. The minimum atomic E-state index is 1.00. The monoisotopic (exact) mass is 254 g/mol. The number of rotatable bonds is 2. The Bertz CT molecular complexity index is 683. The molecule has 0 radical (unpaired) electrons. The van der Waals surface area contributed by atoms with Gasteiger partial charge in [0.25, 0.3) is 0 Å². The van der Waals surface area contributed by atoms with Crippen molar-refractivity contribution in [3.8, 4) is 11.1 Å². The van der Waals surface area contributed by atoms with Gasteiger partial charge in [0.15, 0.2) is 0 Å². The smallest absolute Gasteiger partial charge is 0.0935 e. The number of aryl methyl sites for hydroxylation is 2. The van der Waals surface area contributed by atoms with Crippen molar-refractivity contribution >= 4 is 21.6 Å². The zero-order valence-electron chi connectivity index (χ0n) is 10.5. The molecule has 0 bridgehead atoms. The number of pyridine rings is 1. The first-order chi connectivity index (χ1) is 8.76. The van der Waals surface area contributed by atoms with Crippen LogP contribution in [0.4, 0.5) is 0 Å². The second kappa shape index (κ2) is 4.50. The minimum absolute atomic E-state index is 1.00. The molecule has 18 heavy (non-hydrogen) atoms. The lowest BCUT2D eigenvalue weighted by molar-refractivity contribution is 1.11. The van der Waals surface area contributed by atoms with Crippen LogP contribution in [0, 0.1) is 6.92 Å². The Balaban J connectivity index is 2.09. The standard InChI is InChI=1S/C15H14N2S/c1-3-15-17-13-8-11(6-7-14(13)18-15)12-5-4-10(2)16-9-12/h4-9H,3H2,1-2H3. The highest BCUT2D eigenvalue weighted by Crippen LogP contribution is 2.27.